The van der Waals surface area contributed by atoms with Crippen molar-refractivity contribution >= 4 is 11.6 Å². The van der Waals surface area contributed by atoms with Gasteiger partial charge in [-0.1, -0.05) is 25.7 Å². The Hall–Kier alpha value is -1.79. The Morgan fingerprint density at radius 2 is 2.05 bits per heavy atom. The number of nitrogens with one attached hydrogen (secondary N) is 1. The Morgan fingerprint density at radius 1 is 1.37 bits per heavy atom. The summed E-state index contributed by atoms with van der Waals surface area (Å²) in [6.45, 7) is 6.40. The zero-order valence-corrected chi connectivity index (χ0v) is 11.9. The number of carbonyl (C=O) groups excluding carboxylic acids is 1. The second kappa shape index (κ2) is 7.60. The van der Waals surface area contributed by atoms with Crippen LogP contribution in [-0.4, -0.2) is 12.5 Å². The summed E-state index contributed by atoms with van der Waals surface area (Å²) in [5, 5.41) is 2.96. The molecule has 3 nitrogen and oxygen atoms in total. The third-order valence-electron chi connectivity index (χ3n) is 3.18. The molecule has 3 heteroatoms. The maximum Gasteiger partial charge on any atom is 0.227 e. The number of aryl methyl sites for hydroxylation is 1. The third kappa shape index (κ3) is 4.42. The van der Waals surface area contributed by atoms with E-state index in [4.69, 9.17) is 5.73 Å². The van der Waals surface area contributed by atoms with E-state index in [9.17, 15) is 4.79 Å². The van der Waals surface area contributed by atoms with Crippen LogP contribution in [0.2, 0.25) is 0 Å². The van der Waals surface area contributed by atoms with Crippen molar-refractivity contribution < 1.29 is 4.79 Å². The molecule has 0 aliphatic heterocycles. The lowest BCUT2D eigenvalue weighted by Gasteiger charge is -2.13. The van der Waals surface area contributed by atoms with E-state index in [2.05, 4.69) is 17.2 Å². The zero-order valence-electron chi connectivity index (χ0n) is 11.9. The Morgan fingerprint density at radius 3 is 2.58 bits per heavy atom. The molecule has 0 heterocycles. The van der Waals surface area contributed by atoms with Crippen LogP contribution in [0.1, 0.15) is 37.8 Å². The summed E-state index contributed by atoms with van der Waals surface area (Å²) in [6, 6.07) is 5.75. The molecule has 19 heavy (non-hydrogen) atoms. The summed E-state index contributed by atoms with van der Waals surface area (Å²) in [4.78, 5) is 12.0. The largest absolute Gasteiger partial charge is 0.326 e. The van der Waals surface area contributed by atoms with Crippen LogP contribution in [0, 0.1) is 24.7 Å². The molecule has 1 rings (SSSR count). The molecule has 3 N–H and O–H groups in total. The smallest absolute Gasteiger partial charge is 0.227 e. The first kappa shape index (κ1) is 15.3. The molecule has 102 valence electrons. The Balaban J connectivity index is 2.81. The normalized spacial score (nSPS) is 9.95. The molecular weight excluding hydrogens is 236 g/mol. The van der Waals surface area contributed by atoms with Crippen molar-refractivity contribution in [2.45, 2.75) is 33.6 Å². The van der Waals surface area contributed by atoms with Gasteiger partial charge in [0.05, 0.1) is 6.54 Å². The van der Waals surface area contributed by atoms with E-state index in [1.165, 1.54) is 0 Å². The van der Waals surface area contributed by atoms with Gasteiger partial charge in [-0.2, -0.15) is 0 Å². The predicted octanol–water partition coefficient (Wildman–Crippen LogP) is 2.68. The van der Waals surface area contributed by atoms with Crippen molar-refractivity contribution in [3.63, 3.8) is 0 Å². The Labute approximate surface area is 115 Å². The van der Waals surface area contributed by atoms with E-state index in [0.717, 1.165) is 29.7 Å². The summed E-state index contributed by atoms with van der Waals surface area (Å²) < 4.78 is 0. The van der Waals surface area contributed by atoms with E-state index in [1.807, 2.05) is 39.0 Å². The van der Waals surface area contributed by atoms with Crippen LogP contribution >= 0.6 is 0 Å². The lowest BCUT2D eigenvalue weighted by Crippen LogP contribution is -2.21. The molecule has 1 amide bonds. The molecule has 0 aromatic heterocycles. The summed E-state index contributed by atoms with van der Waals surface area (Å²) in [5.41, 5.74) is 8.18. The number of nitrogens with two attached hydrogens (primary N) is 1. The Bertz CT molecular complexity index is 493. The minimum Gasteiger partial charge on any atom is -0.326 e. The van der Waals surface area contributed by atoms with Crippen molar-refractivity contribution in [1.29, 1.82) is 0 Å². The number of hydrogen-bond donors (Lipinski definition) is 2. The summed E-state index contributed by atoms with van der Waals surface area (Å²) in [5.74, 6) is 6.01. The van der Waals surface area contributed by atoms with E-state index in [0.29, 0.717) is 6.54 Å². The summed E-state index contributed by atoms with van der Waals surface area (Å²) >= 11 is 0. The van der Waals surface area contributed by atoms with Gasteiger partial charge in [0.15, 0.2) is 0 Å². The third-order valence-corrected chi connectivity index (χ3v) is 3.18. The molecule has 0 saturated heterocycles. The first-order valence-corrected chi connectivity index (χ1v) is 6.72. The first-order chi connectivity index (χ1) is 9.12. The number of carbonyl (C=O) groups is 1. The minimum absolute atomic E-state index is 0.0806. The van der Waals surface area contributed by atoms with E-state index >= 15 is 0 Å². The second-order valence-corrected chi connectivity index (χ2v) is 4.54. The van der Waals surface area contributed by atoms with Gasteiger partial charge in [0.25, 0.3) is 0 Å². The highest BCUT2D eigenvalue weighted by atomic mass is 16.1. The van der Waals surface area contributed by atoms with Crippen molar-refractivity contribution in [2.75, 3.05) is 11.9 Å². The van der Waals surface area contributed by atoms with Gasteiger partial charge in [-0.3, -0.25) is 4.79 Å². The van der Waals surface area contributed by atoms with Crippen LogP contribution in [0.3, 0.4) is 0 Å². The lowest BCUT2D eigenvalue weighted by molar-refractivity contribution is -0.120. The van der Waals surface area contributed by atoms with Crippen LogP contribution in [0.25, 0.3) is 0 Å². The van der Waals surface area contributed by atoms with Crippen LogP contribution in [0.15, 0.2) is 18.2 Å². The molecule has 0 aliphatic rings. The molecule has 0 spiro atoms. The molecular formula is C16H22N2O. The van der Waals surface area contributed by atoms with Gasteiger partial charge in [0.1, 0.15) is 0 Å². The molecule has 0 fully saturated rings. The topological polar surface area (TPSA) is 55.1 Å². The van der Waals surface area contributed by atoms with Crippen LogP contribution in [-0.2, 0) is 4.79 Å². The van der Waals surface area contributed by atoms with Gasteiger partial charge in [-0.25, -0.2) is 0 Å². The maximum absolute atomic E-state index is 12.0. The fourth-order valence-electron chi connectivity index (χ4n) is 1.93. The molecule has 1 aromatic rings. The van der Waals surface area contributed by atoms with Gasteiger partial charge in [-0.15, -0.1) is 0 Å². The van der Waals surface area contributed by atoms with E-state index in [1.54, 1.807) is 0 Å². The number of rotatable bonds is 4. The monoisotopic (exact) mass is 258 g/mol. The van der Waals surface area contributed by atoms with E-state index < -0.39 is 0 Å². The van der Waals surface area contributed by atoms with Gasteiger partial charge >= 0.3 is 0 Å². The first-order valence-electron chi connectivity index (χ1n) is 6.72. The van der Waals surface area contributed by atoms with Crippen LogP contribution in [0.4, 0.5) is 5.69 Å². The molecule has 0 atom stereocenters. The standard InChI is InChI=1S/C16H22N2O/c1-4-13(5-2)16(19)18-15-9-8-14(7-6-10-17)12(3)11-15/h8-9,11,13H,4-5,10,17H2,1-3H3,(H,18,19). The highest BCUT2D eigenvalue weighted by Gasteiger charge is 2.14. The summed E-state index contributed by atoms with van der Waals surface area (Å²) in [7, 11) is 0. The average molecular weight is 258 g/mol. The van der Waals surface area contributed by atoms with Crippen molar-refractivity contribution in [2.24, 2.45) is 11.7 Å². The van der Waals surface area contributed by atoms with Crippen LogP contribution < -0.4 is 11.1 Å². The highest BCUT2D eigenvalue weighted by molar-refractivity contribution is 5.92. The molecule has 0 aliphatic carbocycles. The molecule has 0 radical (unpaired) electrons. The quantitative estimate of drug-likeness (QED) is 0.816. The zero-order chi connectivity index (χ0) is 14.3. The Kier molecular flexibility index (Phi) is 6.11. The number of benzene rings is 1. The fourth-order valence-corrected chi connectivity index (χ4v) is 1.93. The highest BCUT2D eigenvalue weighted by Crippen LogP contribution is 2.17. The maximum atomic E-state index is 12.0. The second-order valence-electron chi connectivity index (χ2n) is 4.54. The lowest BCUT2D eigenvalue weighted by atomic mass is 10.0. The molecule has 1 aromatic carbocycles. The number of anilines is 1. The van der Waals surface area contributed by atoms with Crippen LogP contribution in [0.5, 0.6) is 0 Å². The van der Waals surface area contributed by atoms with Crippen molar-refractivity contribution in [1.82, 2.24) is 0 Å². The molecule has 0 unspecified atom stereocenters. The average Bonchev–Trinajstić information content (AvgIpc) is 2.39. The van der Waals surface area contributed by atoms with Crippen molar-refractivity contribution in [3.05, 3.63) is 29.3 Å². The van der Waals surface area contributed by atoms with Crippen molar-refractivity contribution in [3.8, 4) is 11.8 Å². The minimum atomic E-state index is 0.0806. The van der Waals surface area contributed by atoms with Gasteiger partial charge in [0, 0.05) is 17.2 Å². The molecule has 0 saturated carbocycles. The number of hydrogen-bond acceptors (Lipinski definition) is 2. The van der Waals surface area contributed by atoms with E-state index in [-0.39, 0.29) is 11.8 Å². The number of amides is 1. The fraction of sp³-hybridized carbons (Fsp3) is 0.438. The predicted molar refractivity (Wildman–Crippen MR) is 79.8 cm³/mol. The van der Waals surface area contributed by atoms with Gasteiger partial charge < -0.3 is 11.1 Å². The SMILES string of the molecule is CCC(CC)C(=O)Nc1ccc(C#CCN)c(C)c1. The van der Waals surface area contributed by atoms with Gasteiger partial charge in [0.2, 0.25) is 5.91 Å². The molecule has 0 bridgehead atoms. The summed E-state index contributed by atoms with van der Waals surface area (Å²) in [6.07, 6.45) is 1.72. The van der Waals surface area contributed by atoms with Gasteiger partial charge in [-0.05, 0) is 43.5 Å².